The zero-order valence-corrected chi connectivity index (χ0v) is 14.2. The van der Waals surface area contributed by atoms with Gasteiger partial charge in [-0.25, -0.2) is 0 Å². The van der Waals surface area contributed by atoms with E-state index in [1.165, 1.54) is 11.9 Å². The molecule has 3 nitrogen and oxygen atoms in total. The number of hydrogen-bond donors (Lipinski definition) is 2. The predicted octanol–water partition coefficient (Wildman–Crippen LogP) is 2.28. The molecule has 3 aliphatic rings. The van der Waals surface area contributed by atoms with Crippen LogP contribution in [-0.2, 0) is 4.65 Å². The van der Waals surface area contributed by atoms with Gasteiger partial charge < -0.3 is 15.1 Å². The van der Waals surface area contributed by atoms with E-state index >= 15 is 0 Å². The van der Waals surface area contributed by atoms with Gasteiger partial charge in [-0.05, 0) is 46.5 Å². The van der Waals surface area contributed by atoms with Gasteiger partial charge in [0.1, 0.15) is 0 Å². The maximum Gasteiger partial charge on any atom is 0.305 e. The number of allylic oxidation sites excluding steroid dienone is 3. The van der Waals surface area contributed by atoms with Crippen LogP contribution in [0.25, 0.3) is 0 Å². The van der Waals surface area contributed by atoms with Crippen molar-refractivity contribution in [3.63, 3.8) is 0 Å². The molecule has 0 aromatic heterocycles. The van der Waals surface area contributed by atoms with E-state index in [0.717, 1.165) is 6.42 Å². The molecule has 0 amide bonds. The molecule has 4 atom stereocenters. The van der Waals surface area contributed by atoms with Gasteiger partial charge in [0.15, 0.2) is 0 Å². The molecule has 1 fully saturated rings. The van der Waals surface area contributed by atoms with E-state index < -0.39 is 11.2 Å². The highest BCUT2D eigenvalue weighted by Gasteiger charge is 2.42. The molecule has 0 bridgehead atoms. The molecule has 4 unspecified atom stereocenters. The monoisotopic (exact) mass is 301 g/mol. The largest absolute Gasteiger partial charge is 0.427 e. The third kappa shape index (κ3) is 2.97. The number of fused-ring (bicyclic) bond motifs is 3. The first-order valence-electron chi connectivity index (χ1n) is 8.45. The van der Waals surface area contributed by atoms with Gasteiger partial charge in [0.2, 0.25) is 0 Å². The summed E-state index contributed by atoms with van der Waals surface area (Å²) in [6.07, 6.45) is 13.6. The molecule has 120 valence electrons. The quantitative estimate of drug-likeness (QED) is 0.783. The Labute approximate surface area is 134 Å². The van der Waals surface area contributed by atoms with E-state index in [1.54, 1.807) is 0 Å². The minimum absolute atomic E-state index is 0.490. The topological polar surface area (TPSA) is 41.5 Å². The second kappa shape index (κ2) is 5.66. The van der Waals surface area contributed by atoms with Crippen LogP contribution < -0.4 is 5.32 Å². The third-order valence-corrected chi connectivity index (χ3v) is 5.79. The van der Waals surface area contributed by atoms with E-state index in [2.05, 4.69) is 35.7 Å². The van der Waals surface area contributed by atoms with E-state index in [-0.39, 0.29) is 0 Å². The lowest BCUT2D eigenvalue weighted by atomic mass is 9.71. The second-order valence-corrected chi connectivity index (χ2v) is 7.95. The Bertz CT molecular complexity index is 516. The minimum Gasteiger partial charge on any atom is -0.427 e. The number of nitrogens with one attached hydrogen (secondary N) is 1. The highest BCUT2D eigenvalue weighted by molar-refractivity contribution is 6.38. The minimum atomic E-state index is -0.846. The van der Waals surface area contributed by atoms with Crippen molar-refractivity contribution < 1.29 is 9.76 Å². The molecule has 4 heteroatoms. The van der Waals surface area contributed by atoms with Crippen molar-refractivity contribution in [2.24, 2.45) is 11.8 Å². The van der Waals surface area contributed by atoms with Gasteiger partial charge in [-0.1, -0.05) is 35.9 Å². The fourth-order valence-corrected chi connectivity index (χ4v) is 3.55. The smallest absolute Gasteiger partial charge is 0.305 e. The second-order valence-electron chi connectivity index (χ2n) is 7.95. The standard InChI is InChI=1S/C18H28BNO2/c1-17(2,21)18(3,4)22-19-12-9-10-16-14(11-12)13-7-5-6-8-15(13)20-16/h5-8,11,13-16,19-21H,9-10H2,1-4H3. The molecule has 2 N–H and O–H groups in total. The summed E-state index contributed by atoms with van der Waals surface area (Å²) in [6, 6.07) is 1.08. The van der Waals surface area contributed by atoms with Crippen LogP contribution in [0.15, 0.2) is 35.9 Å². The fraction of sp³-hybridized carbons (Fsp3) is 0.667. The molecule has 3 rings (SSSR count). The number of aliphatic hydroxyl groups is 1. The Morgan fingerprint density at radius 1 is 1.18 bits per heavy atom. The Morgan fingerprint density at radius 3 is 2.64 bits per heavy atom. The van der Waals surface area contributed by atoms with E-state index in [9.17, 15) is 5.11 Å². The van der Waals surface area contributed by atoms with Gasteiger partial charge in [0, 0.05) is 18.0 Å². The molecule has 1 aliphatic heterocycles. The maximum absolute atomic E-state index is 10.2. The normalized spacial score (nSPS) is 34.1. The molecule has 1 heterocycles. The molecule has 2 aliphatic carbocycles. The summed E-state index contributed by atoms with van der Waals surface area (Å²) in [6.45, 7) is 7.54. The maximum atomic E-state index is 10.2. The summed E-state index contributed by atoms with van der Waals surface area (Å²) in [4.78, 5) is 0. The molecule has 1 saturated heterocycles. The lowest BCUT2D eigenvalue weighted by Gasteiger charge is -2.38. The van der Waals surface area contributed by atoms with Crippen LogP contribution in [0.5, 0.6) is 0 Å². The van der Waals surface area contributed by atoms with Gasteiger partial charge in [-0.15, -0.1) is 0 Å². The zero-order valence-electron chi connectivity index (χ0n) is 14.2. The van der Waals surface area contributed by atoms with Crippen molar-refractivity contribution in [1.82, 2.24) is 5.32 Å². The van der Waals surface area contributed by atoms with Crippen LogP contribution in [0.4, 0.5) is 0 Å². The van der Waals surface area contributed by atoms with E-state index in [1.807, 2.05) is 27.7 Å². The zero-order chi connectivity index (χ0) is 16.0. The third-order valence-electron chi connectivity index (χ3n) is 5.79. The van der Waals surface area contributed by atoms with Crippen LogP contribution in [0.3, 0.4) is 0 Å². The fourth-order valence-electron chi connectivity index (χ4n) is 3.55. The van der Waals surface area contributed by atoms with Crippen molar-refractivity contribution in [1.29, 1.82) is 0 Å². The summed E-state index contributed by atoms with van der Waals surface area (Å²) in [7, 11) is 0.622. The van der Waals surface area contributed by atoms with Gasteiger partial charge in [-0.2, -0.15) is 0 Å². The summed E-state index contributed by atoms with van der Waals surface area (Å²) in [5, 5.41) is 14.0. The molecule has 0 aromatic carbocycles. The lowest BCUT2D eigenvalue weighted by molar-refractivity contribution is -0.0897. The van der Waals surface area contributed by atoms with Crippen molar-refractivity contribution in [3.8, 4) is 0 Å². The number of rotatable bonds is 4. The van der Waals surface area contributed by atoms with Crippen LogP contribution >= 0.6 is 0 Å². The summed E-state index contributed by atoms with van der Waals surface area (Å²) >= 11 is 0. The van der Waals surface area contributed by atoms with Crippen molar-refractivity contribution in [3.05, 3.63) is 35.9 Å². The number of hydrogen-bond acceptors (Lipinski definition) is 3. The first kappa shape index (κ1) is 16.0. The summed E-state index contributed by atoms with van der Waals surface area (Å²) in [5.41, 5.74) is -0.0139. The SMILES string of the molecule is CC(C)(O)C(C)(C)OBC1=CC2C(CC1)NC1C=CC=CC12. The van der Waals surface area contributed by atoms with Gasteiger partial charge in [0.05, 0.1) is 11.2 Å². The molecule has 0 saturated carbocycles. The van der Waals surface area contributed by atoms with Crippen molar-refractivity contribution in [2.45, 2.75) is 63.8 Å². The Kier molecular flexibility index (Phi) is 4.13. The molecular formula is C18H28BNO2. The predicted molar refractivity (Wildman–Crippen MR) is 91.9 cm³/mol. The van der Waals surface area contributed by atoms with Crippen LogP contribution in [0.2, 0.25) is 0 Å². The average molecular weight is 301 g/mol. The highest BCUT2D eigenvalue weighted by Crippen LogP contribution is 2.39. The first-order valence-corrected chi connectivity index (χ1v) is 8.45. The highest BCUT2D eigenvalue weighted by atomic mass is 16.5. The van der Waals surface area contributed by atoms with Gasteiger partial charge in [0.25, 0.3) is 0 Å². The van der Waals surface area contributed by atoms with Crippen LogP contribution in [-0.4, -0.2) is 35.9 Å². The van der Waals surface area contributed by atoms with Crippen molar-refractivity contribution in [2.75, 3.05) is 0 Å². The Morgan fingerprint density at radius 2 is 1.91 bits per heavy atom. The van der Waals surface area contributed by atoms with Gasteiger partial charge in [-0.3, -0.25) is 0 Å². The molecule has 0 aromatic rings. The average Bonchev–Trinajstić information content (AvgIpc) is 2.82. The van der Waals surface area contributed by atoms with E-state index in [4.69, 9.17) is 4.65 Å². The van der Waals surface area contributed by atoms with Gasteiger partial charge >= 0.3 is 7.48 Å². The van der Waals surface area contributed by atoms with E-state index in [0.29, 0.717) is 31.4 Å². The molecule has 0 spiro atoms. The van der Waals surface area contributed by atoms with Crippen LogP contribution in [0.1, 0.15) is 40.5 Å². The molecule has 0 radical (unpaired) electrons. The summed E-state index contributed by atoms with van der Waals surface area (Å²) < 4.78 is 6.05. The van der Waals surface area contributed by atoms with Crippen molar-refractivity contribution >= 4 is 7.48 Å². The molecule has 22 heavy (non-hydrogen) atoms. The lowest BCUT2D eigenvalue weighted by Crippen LogP contribution is -2.48. The first-order chi connectivity index (χ1) is 10.3. The summed E-state index contributed by atoms with van der Waals surface area (Å²) in [5.74, 6) is 1.15. The molecular weight excluding hydrogens is 273 g/mol. The Balaban J connectivity index is 1.67. The van der Waals surface area contributed by atoms with Crippen LogP contribution in [0, 0.1) is 11.8 Å². The Hall–Kier alpha value is -0.835.